The van der Waals surface area contributed by atoms with Gasteiger partial charge < -0.3 is 0 Å². The standard InChI is InChI=1S/C18H14N4OS/c1-11-21-17-16(14-3-2-4-15(14)24-17)18(23)22(11)20-10-13-7-5-12(9-19)6-8-13/h5-8,10H,2-4H2,1H3. The minimum atomic E-state index is -0.0956. The molecule has 6 heteroatoms. The number of aryl methyl sites for hydroxylation is 3. The predicted molar refractivity (Wildman–Crippen MR) is 94.8 cm³/mol. The van der Waals surface area contributed by atoms with Gasteiger partial charge in [0.15, 0.2) is 0 Å². The molecule has 0 atom stereocenters. The second-order valence-electron chi connectivity index (χ2n) is 5.79. The van der Waals surface area contributed by atoms with Crippen LogP contribution in [0.15, 0.2) is 34.2 Å². The Kier molecular flexibility index (Phi) is 3.51. The van der Waals surface area contributed by atoms with Crippen LogP contribution in [0.25, 0.3) is 10.2 Å². The highest BCUT2D eigenvalue weighted by atomic mass is 32.1. The average molecular weight is 334 g/mol. The van der Waals surface area contributed by atoms with Gasteiger partial charge in [0, 0.05) is 4.88 Å². The van der Waals surface area contributed by atoms with E-state index in [0.29, 0.717) is 11.4 Å². The highest BCUT2D eigenvalue weighted by Gasteiger charge is 2.22. The van der Waals surface area contributed by atoms with Gasteiger partial charge in [-0.05, 0) is 49.4 Å². The zero-order chi connectivity index (χ0) is 16.7. The molecule has 0 fully saturated rings. The second-order valence-corrected chi connectivity index (χ2v) is 6.88. The quantitative estimate of drug-likeness (QED) is 0.676. The summed E-state index contributed by atoms with van der Waals surface area (Å²) in [6.45, 7) is 1.79. The first-order valence-electron chi connectivity index (χ1n) is 7.76. The number of fused-ring (bicyclic) bond motifs is 3. The predicted octanol–water partition coefficient (Wildman–Crippen LogP) is 3.01. The fraction of sp³-hybridized carbons (Fsp3) is 0.222. The van der Waals surface area contributed by atoms with Crippen LogP contribution < -0.4 is 5.56 Å². The minimum Gasteiger partial charge on any atom is -0.267 e. The molecule has 2 heterocycles. The van der Waals surface area contributed by atoms with Crippen molar-refractivity contribution in [2.45, 2.75) is 26.2 Å². The molecule has 4 rings (SSSR count). The van der Waals surface area contributed by atoms with E-state index in [9.17, 15) is 4.79 Å². The Bertz CT molecular complexity index is 1070. The summed E-state index contributed by atoms with van der Waals surface area (Å²) < 4.78 is 1.37. The van der Waals surface area contributed by atoms with Gasteiger partial charge in [-0.15, -0.1) is 11.3 Å². The van der Waals surface area contributed by atoms with Crippen molar-refractivity contribution in [3.63, 3.8) is 0 Å². The van der Waals surface area contributed by atoms with Gasteiger partial charge in [-0.25, -0.2) is 4.98 Å². The summed E-state index contributed by atoms with van der Waals surface area (Å²) >= 11 is 1.64. The molecule has 1 aromatic carbocycles. The number of aromatic nitrogens is 2. The largest absolute Gasteiger partial charge is 0.283 e. The van der Waals surface area contributed by atoms with Gasteiger partial charge in [0.2, 0.25) is 0 Å². The lowest BCUT2D eigenvalue weighted by atomic mass is 10.2. The van der Waals surface area contributed by atoms with Gasteiger partial charge in [-0.2, -0.15) is 15.0 Å². The number of benzene rings is 1. The van der Waals surface area contributed by atoms with Crippen LogP contribution in [0.4, 0.5) is 0 Å². The van der Waals surface area contributed by atoms with Crippen molar-refractivity contribution < 1.29 is 0 Å². The van der Waals surface area contributed by atoms with Crippen LogP contribution in [-0.4, -0.2) is 15.9 Å². The highest BCUT2D eigenvalue weighted by Crippen LogP contribution is 2.34. The Morgan fingerprint density at radius 1 is 1.33 bits per heavy atom. The molecule has 118 valence electrons. The molecule has 0 aliphatic heterocycles. The molecule has 5 nitrogen and oxygen atoms in total. The first-order valence-corrected chi connectivity index (χ1v) is 8.57. The van der Waals surface area contributed by atoms with Crippen LogP contribution in [0.3, 0.4) is 0 Å². The fourth-order valence-electron chi connectivity index (χ4n) is 3.04. The maximum Gasteiger partial charge on any atom is 0.283 e. The van der Waals surface area contributed by atoms with E-state index in [4.69, 9.17) is 5.26 Å². The molecule has 0 spiro atoms. The zero-order valence-electron chi connectivity index (χ0n) is 13.1. The van der Waals surface area contributed by atoms with Gasteiger partial charge in [0.1, 0.15) is 10.7 Å². The monoisotopic (exact) mass is 334 g/mol. The normalized spacial score (nSPS) is 13.5. The molecule has 0 amide bonds. The molecule has 3 aromatic rings. The average Bonchev–Trinajstić information content (AvgIpc) is 3.15. The molecule has 0 saturated carbocycles. The number of nitriles is 1. The van der Waals surface area contributed by atoms with Crippen molar-refractivity contribution >= 4 is 27.8 Å². The Balaban J connectivity index is 1.80. The topological polar surface area (TPSA) is 71.0 Å². The van der Waals surface area contributed by atoms with E-state index in [2.05, 4.69) is 16.2 Å². The lowest BCUT2D eigenvalue weighted by Gasteiger charge is -2.04. The van der Waals surface area contributed by atoms with Crippen molar-refractivity contribution in [3.05, 3.63) is 62.0 Å². The third kappa shape index (κ3) is 2.34. The van der Waals surface area contributed by atoms with Gasteiger partial charge in [-0.1, -0.05) is 12.1 Å². The van der Waals surface area contributed by atoms with E-state index in [0.717, 1.165) is 40.6 Å². The van der Waals surface area contributed by atoms with Crippen molar-refractivity contribution in [2.75, 3.05) is 0 Å². The summed E-state index contributed by atoms with van der Waals surface area (Å²) in [6.07, 6.45) is 4.73. The number of rotatable bonds is 2. The lowest BCUT2D eigenvalue weighted by molar-refractivity contribution is 0.771. The summed E-state index contributed by atoms with van der Waals surface area (Å²) in [6, 6.07) is 9.14. The third-order valence-electron chi connectivity index (χ3n) is 4.24. The molecule has 0 saturated heterocycles. The minimum absolute atomic E-state index is 0.0956. The summed E-state index contributed by atoms with van der Waals surface area (Å²) in [7, 11) is 0. The molecule has 2 aromatic heterocycles. The fourth-order valence-corrected chi connectivity index (χ4v) is 4.34. The molecule has 0 unspecified atom stereocenters. The van der Waals surface area contributed by atoms with E-state index in [1.54, 1.807) is 48.7 Å². The second kappa shape index (κ2) is 5.69. The van der Waals surface area contributed by atoms with Crippen molar-refractivity contribution in [3.8, 4) is 6.07 Å². The number of hydrogen-bond donors (Lipinski definition) is 0. The van der Waals surface area contributed by atoms with Gasteiger partial charge in [-0.3, -0.25) is 4.79 Å². The molecule has 0 N–H and O–H groups in total. The molecular weight excluding hydrogens is 320 g/mol. The number of nitrogens with zero attached hydrogens (tertiary/aromatic N) is 4. The van der Waals surface area contributed by atoms with Crippen molar-refractivity contribution in [2.24, 2.45) is 5.10 Å². The van der Waals surface area contributed by atoms with Crippen molar-refractivity contribution in [1.82, 2.24) is 9.66 Å². The van der Waals surface area contributed by atoms with Gasteiger partial charge >= 0.3 is 0 Å². The van der Waals surface area contributed by atoms with E-state index < -0.39 is 0 Å². The molecule has 1 aliphatic carbocycles. The highest BCUT2D eigenvalue weighted by molar-refractivity contribution is 7.18. The number of thiophene rings is 1. The first kappa shape index (κ1) is 14.8. The van der Waals surface area contributed by atoms with E-state index in [1.807, 2.05) is 0 Å². The smallest absolute Gasteiger partial charge is 0.267 e. The van der Waals surface area contributed by atoms with Gasteiger partial charge in [0.25, 0.3) is 5.56 Å². The van der Waals surface area contributed by atoms with Crippen LogP contribution >= 0.6 is 11.3 Å². The van der Waals surface area contributed by atoms with Crippen LogP contribution in [0, 0.1) is 18.3 Å². The van der Waals surface area contributed by atoms with Crippen LogP contribution in [0.5, 0.6) is 0 Å². The molecular formula is C18H14N4OS. The summed E-state index contributed by atoms with van der Waals surface area (Å²) in [5.74, 6) is 0.581. The Morgan fingerprint density at radius 2 is 2.12 bits per heavy atom. The summed E-state index contributed by atoms with van der Waals surface area (Å²) in [5.41, 5.74) is 2.49. The third-order valence-corrected chi connectivity index (χ3v) is 5.43. The van der Waals surface area contributed by atoms with Crippen LogP contribution in [-0.2, 0) is 12.8 Å². The first-order chi connectivity index (χ1) is 11.7. The summed E-state index contributed by atoms with van der Waals surface area (Å²) in [5, 5.41) is 13.9. The molecule has 0 radical (unpaired) electrons. The summed E-state index contributed by atoms with van der Waals surface area (Å²) in [4.78, 5) is 19.5. The molecule has 24 heavy (non-hydrogen) atoms. The van der Waals surface area contributed by atoms with Crippen LogP contribution in [0.1, 0.15) is 33.8 Å². The Morgan fingerprint density at radius 3 is 2.88 bits per heavy atom. The van der Waals surface area contributed by atoms with Gasteiger partial charge in [0.05, 0.1) is 23.2 Å². The Hall–Kier alpha value is -2.78. The van der Waals surface area contributed by atoms with E-state index >= 15 is 0 Å². The van der Waals surface area contributed by atoms with Crippen molar-refractivity contribution in [1.29, 1.82) is 5.26 Å². The lowest BCUT2D eigenvalue weighted by Crippen LogP contribution is -2.20. The van der Waals surface area contributed by atoms with E-state index in [-0.39, 0.29) is 5.56 Å². The Labute approximate surface area is 142 Å². The maximum atomic E-state index is 12.9. The zero-order valence-corrected chi connectivity index (χ0v) is 13.9. The maximum absolute atomic E-state index is 12.9. The SMILES string of the molecule is Cc1nc2sc3c(c2c(=O)n1N=Cc1ccc(C#N)cc1)CCC3. The number of hydrogen-bond acceptors (Lipinski definition) is 5. The van der Waals surface area contributed by atoms with Crippen LogP contribution in [0.2, 0.25) is 0 Å². The molecule has 0 bridgehead atoms. The van der Waals surface area contributed by atoms with E-state index in [1.165, 1.54) is 9.55 Å². The molecule has 1 aliphatic rings.